The number of hydrogen-bond donors (Lipinski definition) is 1. The van der Waals surface area contributed by atoms with Crippen molar-refractivity contribution in [3.05, 3.63) is 106 Å². The molecule has 0 spiro atoms. The van der Waals surface area contributed by atoms with E-state index in [0.29, 0.717) is 30.7 Å². The largest absolute Gasteiger partial charge is 0.478 e. The molecule has 1 heterocycles. The Balaban J connectivity index is 1.51. The van der Waals surface area contributed by atoms with Crippen LogP contribution in [0.5, 0.6) is 0 Å². The van der Waals surface area contributed by atoms with Gasteiger partial charge in [-0.05, 0) is 95.7 Å². The number of halogens is 3. The highest BCUT2D eigenvalue weighted by Gasteiger charge is 2.27. The fourth-order valence-electron chi connectivity index (χ4n) is 5.67. The van der Waals surface area contributed by atoms with Gasteiger partial charge in [-0.2, -0.15) is 0 Å². The maximum atomic E-state index is 15.0. The van der Waals surface area contributed by atoms with Crippen LogP contribution < -0.4 is 0 Å². The Morgan fingerprint density at radius 1 is 0.946 bits per heavy atom. The lowest BCUT2D eigenvalue weighted by Crippen LogP contribution is -2.47. The van der Waals surface area contributed by atoms with Gasteiger partial charge in [-0.25, -0.2) is 13.6 Å². The molecular weight excluding hydrogens is 475 g/mol. The van der Waals surface area contributed by atoms with Crippen LogP contribution in [0.4, 0.5) is 13.2 Å². The van der Waals surface area contributed by atoms with E-state index in [-0.39, 0.29) is 12.2 Å². The fraction of sp³-hybridized carbons (Fsp3) is 0.323. The van der Waals surface area contributed by atoms with E-state index in [4.69, 9.17) is 0 Å². The molecule has 0 bridgehead atoms. The Bertz CT molecular complexity index is 1330. The fourth-order valence-corrected chi connectivity index (χ4v) is 5.67. The number of nitrogens with zero attached hydrogens (tertiary/aromatic N) is 1. The van der Waals surface area contributed by atoms with Crippen LogP contribution in [0.3, 0.4) is 0 Å². The van der Waals surface area contributed by atoms with Gasteiger partial charge in [-0.1, -0.05) is 30.3 Å². The molecule has 0 radical (unpaired) electrons. The molecular formula is C31H30F3NO2. The first kappa shape index (κ1) is 25.3. The number of allylic oxidation sites excluding steroid dienone is 1. The monoisotopic (exact) mass is 505 g/mol. The summed E-state index contributed by atoms with van der Waals surface area (Å²) in [6.45, 7) is 2.51. The zero-order chi connectivity index (χ0) is 25.9. The number of alkyl halides is 1. The number of hydrogen-bond acceptors (Lipinski definition) is 2. The average molecular weight is 506 g/mol. The zero-order valence-corrected chi connectivity index (χ0v) is 20.7. The molecule has 2 aliphatic rings. The summed E-state index contributed by atoms with van der Waals surface area (Å²) in [5.41, 5.74) is 6.20. The van der Waals surface area contributed by atoms with Crippen LogP contribution in [-0.2, 0) is 12.8 Å². The summed E-state index contributed by atoms with van der Waals surface area (Å²) in [5, 5.41) is 9.50. The second kappa shape index (κ2) is 10.9. The summed E-state index contributed by atoms with van der Waals surface area (Å²) in [5.74, 6) is -1.64. The first-order valence-corrected chi connectivity index (χ1v) is 12.9. The van der Waals surface area contributed by atoms with Crippen molar-refractivity contribution in [2.75, 3.05) is 26.3 Å². The molecule has 1 N–H and O–H groups in total. The number of carboxylic acid groups (broad SMARTS) is 1. The van der Waals surface area contributed by atoms with Crippen LogP contribution in [0.15, 0.2) is 60.7 Å². The van der Waals surface area contributed by atoms with Gasteiger partial charge in [0.25, 0.3) is 0 Å². The van der Waals surface area contributed by atoms with E-state index in [0.717, 1.165) is 66.4 Å². The normalized spacial score (nSPS) is 16.3. The first-order chi connectivity index (χ1) is 17.9. The molecule has 0 atom stereocenters. The van der Waals surface area contributed by atoms with Gasteiger partial charge in [-0.15, -0.1) is 0 Å². The van der Waals surface area contributed by atoms with Crippen LogP contribution >= 0.6 is 0 Å². The maximum Gasteiger partial charge on any atom is 0.335 e. The number of rotatable bonds is 8. The van der Waals surface area contributed by atoms with Gasteiger partial charge >= 0.3 is 5.97 Å². The third-order valence-corrected chi connectivity index (χ3v) is 7.46. The van der Waals surface area contributed by atoms with Crippen molar-refractivity contribution in [3.63, 3.8) is 0 Å². The SMILES string of the molecule is O=C(O)c1ccc2c(c1)CCCC(c1ccc(F)cc1F)=C2c1ccc(CC2CN(CCCF)C2)cc1. The first-order valence-electron chi connectivity index (χ1n) is 12.9. The average Bonchev–Trinajstić information content (AvgIpc) is 3.04. The number of fused-ring (bicyclic) bond motifs is 1. The summed E-state index contributed by atoms with van der Waals surface area (Å²) < 4.78 is 41.1. The van der Waals surface area contributed by atoms with Crippen LogP contribution in [0.1, 0.15) is 57.4 Å². The molecule has 6 heteroatoms. The minimum atomic E-state index is -0.981. The molecule has 5 rings (SSSR count). The van der Waals surface area contributed by atoms with Crippen molar-refractivity contribution in [2.45, 2.75) is 32.1 Å². The van der Waals surface area contributed by atoms with Crippen LogP contribution in [-0.4, -0.2) is 42.3 Å². The van der Waals surface area contributed by atoms with E-state index in [2.05, 4.69) is 17.0 Å². The second-order valence-electron chi connectivity index (χ2n) is 10.1. The van der Waals surface area contributed by atoms with Gasteiger partial charge in [-0.3, -0.25) is 4.39 Å². The third kappa shape index (κ3) is 5.49. The van der Waals surface area contributed by atoms with E-state index in [1.807, 2.05) is 18.2 Å². The Kier molecular flexibility index (Phi) is 7.47. The van der Waals surface area contributed by atoms with Gasteiger partial charge in [0.1, 0.15) is 11.6 Å². The summed E-state index contributed by atoms with van der Waals surface area (Å²) in [4.78, 5) is 13.9. The minimum Gasteiger partial charge on any atom is -0.478 e. The molecule has 1 saturated heterocycles. The Morgan fingerprint density at radius 3 is 2.41 bits per heavy atom. The van der Waals surface area contributed by atoms with Crippen molar-refractivity contribution < 1.29 is 23.1 Å². The standard InChI is InChI=1S/C31H30F3NO2/c32-13-2-14-35-18-21(19-35)15-20-5-7-22(8-6-20)30-26-11-9-24(31(36)37)16-23(26)3-1-4-28(30)27-12-10-25(33)17-29(27)34/h5-12,16-17,21H,1-4,13-15,18-19H2,(H,36,37). The number of benzene rings is 3. The zero-order valence-electron chi connectivity index (χ0n) is 20.7. The molecule has 0 aromatic heterocycles. The predicted molar refractivity (Wildman–Crippen MR) is 139 cm³/mol. The van der Waals surface area contributed by atoms with Crippen molar-refractivity contribution in [1.29, 1.82) is 0 Å². The van der Waals surface area contributed by atoms with Gasteiger partial charge in [0.15, 0.2) is 0 Å². The van der Waals surface area contributed by atoms with E-state index in [9.17, 15) is 23.1 Å². The van der Waals surface area contributed by atoms with Gasteiger partial charge in [0.05, 0.1) is 12.2 Å². The lowest BCUT2D eigenvalue weighted by atomic mass is 9.86. The molecule has 3 nitrogen and oxygen atoms in total. The molecule has 1 fully saturated rings. The van der Waals surface area contributed by atoms with E-state index >= 15 is 0 Å². The number of aryl methyl sites for hydroxylation is 1. The molecule has 0 unspecified atom stereocenters. The molecule has 3 aromatic rings. The lowest BCUT2D eigenvalue weighted by molar-refractivity contribution is 0.0696. The van der Waals surface area contributed by atoms with E-state index < -0.39 is 17.6 Å². The summed E-state index contributed by atoms with van der Waals surface area (Å²) in [6.07, 6.45) is 3.52. The topological polar surface area (TPSA) is 40.5 Å². The molecule has 3 aromatic carbocycles. The number of carbonyl (C=O) groups is 1. The minimum absolute atomic E-state index is 0.228. The molecule has 0 amide bonds. The van der Waals surface area contributed by atoms with Gasteiger partial charge < -0.3 is 10.0 Å². The molecule has 1 aliphatic heterocycles. The van der Waals surface area contributed by atoms with Crippen molar-refractivity contribution in [2.24, 2.45) is 5.92 Å². The lowest BCUT2D eigenvalue weighted by Gasteiger charge is -2.39. The van der Waals surface area contributed by atoms with Crippen LogP contribution in [0.25, 0.3) is 11.1 Å². The van der Waals surface area contributed by atoms with Crippen molar-refractivity contribution >= 4 is 17.1 Å². The Hall–Kier alpha value is -3.38. The van der Waals surface area contributed by atoms with Crippen molar-refractivity contribution in [1.82, 2.24) is 4.90 Å². The Morgan fingerprint density at radius 2 is 1.70 bits per heavy atom. The highest BCUT2D eigenvalue weighted by atomic mass is 19.1. The number of carboxylic acids is 1. The van der Waals surface area contributed by atoms with Crippen LogP contribution in [0, 0.1) is 17.6 Å². The summed E-state index contributed by atoms with van der Waals surface area (Å²) in [7, 11) is 0. The van der Waals surface area contributed by atoms with E-state index in [1.54, 1.807) is 12.1 Å². The van der Waals surface area contributed by atoms with Crippen molar-refractivity contribution in [3.8, 4) is 0 Å². The van der Waals surface area contributed by atoms with Crippen LogP contribution in [0.2, 0.25) is 0 Å². The third-order valence-electron chi connectivity index (χ3n) is 7.46. The molecule has 192 valence electrons. The predicted octanol–water partition coefficient (Wildman–Crippen LogP) is 6.79. The second-order valence-corrected chi connectivity index (χ2v) is 10.1. The molecule has 1 aliphatic carbocycles. The highest BCUT2D eigenvalue weighted by molar-refractivity contribution is 6.00. The van der Waals surface area contributed by atoms with Gasteiger partial charge in [0.2, 0.25) is 0 Å². The number of aromatic carboxylic acids is 1. The van der Waals surface area contributed by atoms with E-state index in [1.165, 1.54) is 17.7 Å². The summed E-state index contributed by atoms with van der Waals surface area (Å²) >= 11 is 0. The molecule has 0 saturated carbocycles. The number of likely N-dealkylation sites (tertiary alicyclic amines) is 1. The summed E-state index contributed by atoms with van der Waals surface area (Å²) in [6, 6.07) is 17.1. The Labute approximate surface area is 215 Å². The smallest absolute Gasteiger partial charge is 0.335 e. The quantitative estimate of drug-likeness (QED) is 0.366. The van der Waals surface area contributed by atoms with Gasteiger partial charge in [0, 0.05) is 31.3 Å². The highest BCUT2D eigenvalue weighted by Crippen LogP contribution is 2.41. The maximum absolute atomic E-state index is 15.0. The molecule has 37 heavy (non-hydrogen) atoms.